The van der Waals surface area contributed by atoms with E-state index >= 15 is 0 Å². The highest BCUT2D eigenvalue weighted by molar-refractivity contribution is 6.35. The summed E-state index contributed by atoms with van der Waals surface area (Å²) in [5, 5.41) is 18.4. The summed E-state index contributed by atoms with van der Waals surface area (Å²) in [5.74, 6) is -2.52. The van der Waals surface area contributed by atoms with Gasteiger partial charge in [0.2, 0.25) is 0 Å². The number of carboxylic acids is 2. The van der Waals surface area contributed by atoms with Gasteiger partial charge in [-0.15, -0.1) is 0 Å². The molecule has 0 radical (unpaired) electrons. The third-order valence-electron chi connectivity index (χ3n) is 2.98. The number of carbonyl (C=O) groups is 2. The number of hydrogen-bond acceptors (Lipinski definition) is 2. The fourth-order valence-electron chi connectivity index (χ4n) is 2.13. The Balaban J connectivity index is 3.80. The molecule has 2 N–H and O–H groups in total. The van der Waals surface area contributed by atoms with Gasteiger partial charge in [0.1, 0.15) is 0 Å². The van der Waals surface area contributed by atoms with E-state index in [-0.39, 0.29) is 28.0 Å². The molecule has 0 aliphatic rings. The zero-order valence-corrected chi connectivity index (χ0v) is 12.1. The van der Waals surface area contributed by atoms with E-state index in [4.69, 9.17) is 16.7 Å². The van der Waals surface area contributed by atoms with Gasteiger partial charge in [-0.2, -0.15) is 0 Å². The van der Waals surface area contributed by atoms with Gasteiger partial charge >= 0.3 is 11.9 Å². The maximum absolute atomic E-state index is 11.3. The molecule has 1 aromatic rings. The Kier molecular flexibility index (Phi) is 4.58. The van der Waals surface area contributed by atoms with Crippen molar-refractivity contribution < 1.29 is 19.8 Å². The third kappa shape index (κ3) is 2.89. The van der Waals surface area contributed by atoms with Crippen LogP contribution in [0.25, 0.3) is 0 Å². The second kappa shape index (κ2) is 5.61. The molecule has 0 spiro atoms. The van der Waals surface area contributed by atoms with E-state index in [2.05, 4.69) is 0 Å². The second-order valence-corrected chi connectivity index (χ2v) is 5.41. The number of carboxylic acid groups (broad SMARTS) is 2. The Hall–Kier alpha value is -1.55. The lowest BCUT2D eigenvalue weighted by atomic mass is 9.86. The van der Waals surface area contributed by atoms with E-state index in [1.807, 2.05) is 27.7 Å². The minimum Gasteiger partial charge on any atom is -0.478 e. The maximum atomic E-state index is 11.3. The number of benzene rings is 1. The van der Waals surface area contributed by atoms with Crippen LogP contribution < -0.4 is 0 Å². The lowest BCUT2D eigenvalue weighted by Crippen LogP contribution is -2.13. The van der Waals surface area contributed by atoms with Crippen molar-refractivity contribution in [3.63, 3.8) is 0 Å². The molecule has 0 aromatic heterocycles. The van der Waals surface area contributed by atoms with Crippen LogP contribution in [0.15, 0.2) is 6.07 Å². The first kappa shape index (κ1) is 15.5. The number of halogens is 1. The number of rotatable bonds is 4. The number of hydrogen-bond donors (Lipinski definition) is 2. The maximum Gasteiger partial charge on any atom is 0.338 e. The molecule has 19 heavy (non-hydrogen) atoms. The first-order valence-corrected chi connectivity index (χ1v) is 6.39. The van der Waals surface area contributed by atoms with Gasteiger partial charge in [0, 0.05) is 0 Å². The monoisotopic (exact) mass is 284 g/mol. The quantitative estimate of drug-likeness (QED) is 0.877. The van der Waals surface area contributed by atoms with Gasteiger partial charge in [-0.05, 0) is 29.0 Å². The summed E-state index contributed by atoms with van der Waals surface area (Å²) < 4.78 is 0. The van der Waals surface area contributed by atoms with Crippen LogP contribution in [0.3, 0.4) is 0 Å². The molecule has 0 atom stereocenters. The molecule has 0 saturated carbocycles. The van der Waals surface area contributed by atoms with E-state index in [0.717, 1.165) is 5.56 Å². The average Bonchev–Trinajstić information content (AvgIpc) is 2.25. The zero-order valence-electron chi connectivity index (χ0n) is 11.3. The van der Waals surface area contributed by atoms with Gasteiger partial charge in [-0.25, -0.2) is 9.59 Å². The molecule has 0 saturated heterocycles. The largest absolute Gasteiger partial charge is 0.478 e. The van der Waals surface area contributed by atoms with Crippen molar-refractivity contribution in [3.8, 4) is 0 Å². The first-order valence-electron chi connectivity index (χ1n) is 6.01. The van der Waals surface area contributed by atoms with Crippen LogP contribution in [0.4, 0.5) is 0 Å². The number of aromatic carboxylic acids is 2. The van der Waals surface area contributed by atoms with Crippen LogP contribution in [0.2, 0.25) is 5.02 Å². The predicted octanol–water partition coefficient (Wildman–Crippen LogP) is 3.98. The average molecular weight is 285 g/mol. The highest BCUT2D eigenvalue weighted by Gasteiger charge is 2.26. The van der Waals surface area contributed by atoms with Crippen molar-refractivity contribution in [3.05, 3.63) is 33.3 Å². The van der Waals surface area contributed by atoms with Crippen molar-refractivity contribution >= 4 is 23.5 Å². The van der Waals surface area contributed by atoms with Crippen LogP contribution in [0.1, 0.15) is 71.4 Å². The Morgan fingerprint density at radius 1 is 1.05 bits per heavy atom. The van der Waals surface area contributed by atoms with Crippen molar-refractivity contribution in [1.82, 2.24) is 0 Å². The predicted molar refractivity (Wildman–Crippen MR) is 73.5 cm³/mol. The summed E-state index contributed by atoms with van der Waals surface area (Å²) in [4.78, 5) is 22.5. The minimum absolute atomic E-state index is 0.0193. The highest BCUT2D eigenvalue weighted by Crippen LogP contribution is 2.36. The molecule has 0 amide bonds. The normalized spacial score (nSPS) is 11.1. The summed E-state index contributed by atoms with van der Waals surface area (Å²) in [5.41, 5.74) is 0.898. The van der Waals surface area contributed by atoms with Crippen LogP contribution in [0.5, 0.6) is 0 Å². The smallest absolute Gasteiger partial charge is 0.338 e. The second-order valence-electron chi connectivity index (χ2n) is 5.04. The SMILES string of the molecule is CC(C)c1cc(C(=O)O)c(C(=O)O)c(Cl)c1C(C)C. The van der Waals surface area contributed by atoms with Crippen LogP contribution in [-0.2, 0) is 0 Å². The molecule has 0 aliphatic heterocycles. The summed E-state index contributed by atoms with van der Waals surface area (Å²) in [6.07, 6.45) is 0. The molecule has 0 unspecified atom stereocenters. The summed E-state index contributed by atoms with van der Waals surface area (Å²) >= 11 is 6.15. The van der Waals surface area contributed by atoms with Gasteiger partial charge in [-0.3, -0.25) is 0 Å². The molecular weight excluding hydrogens is 268 g/mol. The van der Waals surface area contributed by atoms with E-state index in [0.29, 0.717) is 5.56 Å². The van der Waals surface area contributed by atoms with Crippen molar-refractivity contribution in [1.29, 1.82) is 0 Å². The standard InChI is InChI=1S/C14H17ClO4/c1-6(2)8-5-9(13(16)17)11(14(18)19)12(15)10(8)7(3)4/h5-7H,1-4H3,(H,16,17)(H,18,19). The summed E-state index contributed by atoms with van der Waals surface area (Å²) in [6.45, 7) is 7.64. The molecule has 1 rings (SSSR count). The first-order chi connectivity index (χ1) is 8.68. The molecule has 5 heteroatoms. The van der Waals surface area contributed by atoms with E-state index < -0.39 is 11.9 Å². The molecule has 4 nitrogen and oxygen atoms in total. The summed E-state index contributed by atoms with van der Waals surface area (Å²) in [7, 11) is 0. The molecular formula is C14H17ClO4. The topological polar surface area (TPSA) is 74.6 Å². The molecule has 0 bridgehead atoms. The van der Waals surface area contributed by atoms with Gasteiger partial charge in [0.05, 0.1) is 16.1 Å². The lowest BCUT2D eigenvalue weighted by Gasteiger charge is -2.20. The van der Waals surface area contributed by atoms with Crippen molar-refractivity contribution in [2.45, 2.75) is 39.5 Å². The highest BCUT2D eigenvalue weighted by atomic mass is 35.5. The third-order valence-corrected chi connectivity index (χ3v) is 3.37. The van der Waals surface area contributed by atoms with E-state index in [9.17, 15) is 14.7 Å². The lowest BCUT2D eigenvalue weighted by molar-refractivity contribution is 0.0651. The zero-order chi connectivity index (χ0) is 14.9. The van der Waals surface area contributed by atoms with E-state index in [1.54, 1.807) is 0 Å². The summed E-state index contributed by atoms with van der Waals surface area (Å²) in [6, 6.07) is 1.43. The fourth-order valence-corrected chi connectivity index (χ4v) is 2.64. The van der Waals surface area contributed by atoms with Crippen molar-refractivity contribution in [2.24, 2.45) is 0 Å². The minimum atomic E-state index is -1.32. The molecule has 1 aromatic carbocycles. The Morgan fingerprint density at radius 3 is 1.89 bits per heavy atom. The Bertz CT molecular complexity index is 533. The van der Waals surface area contributed by atoms with Gasteiger partial charge in [-0.1, -0.05) is 39.3 Å². The molecule has 0 aliphatic carbocycles. The van der Waals surface area contributed by atoms with Gasteiger partial charge in [0.25, 0.3) is 0 Å². The van der Waals surface area contributed by atoms with Crippen LogP contribution in [-0.4, -0.2) is 22.2 Å². The van der Waals surface area contributed by atoms with Gasteiger partial charge < -0.3 is 10.2 Å². The van der Waals surface area contributed by atoms with Crippen LogP contribution >= 0.6 is 11.6 Å². The molecule has 0 fully saturated rings. The van der Waals surface area contributed by atoms with Crippen molar-refractivity contribution in [2.75, 3.05) is 0 Å². The molecule has 0 heterocycles. The molecule has 104 valence electrons. The Morgan fingerprint density at radius 2 is 1.58 bits per heavy atom. The van der Waals surface area contributed by atoms with E-state index in [1.165, 1.54) is 6.07 Å². The Labute approximate surface area is 117 Å². The fraction of sp³-hybridized carbons (Fsp3) is 0.429. The van der Waals surface area contributed by atoms with Crippen LogP contribution in [0, 0.1) is 0 Å². The van der Waals surface area contributed by atoms with Gasteiger partial charge in [0.15, 0.2) is 0 Å².